The highest BCUT2D eigenvalue weighted by Crippen LogP contribution is 2.38. The lowest BCUT2D eigenvalue weighted by molar-refractivity contribution is 0.174. The molecule has 2 aromatic rings. The Morgan fingerprint density at radius 3 is 2.62 bits per heavy atom. The molecule has 0 saturated carbocycles. The standard InChI is InChI=1S/C18H18O3/c1-2-19-16-12-18-17(20-13-21-18)11-15(16)10-6-9-14-7-4-3-5-8-14/h3-8,10-12H,2,9,13H2,1H3/b10-6+. The summed E-state index contributed by atoms with van der Waals surface area (Å²) in [7, 11) is 0. The lowest BCUT2D eigenvalue weighted by Gasteiger charge is -2.08. The molecule has 0 N–H and O–H groups in total. The Labute approximate surface area is 124 Å². The number of allylic oxidation sites excluding steroid dienone is 1. The van der Waals surface area contributed by atoms with E-state index in [1.807, 2.05) is 25.1 Å². The number of benzene rings is 2. The molecule has 108 valence electrons. The first-order chi connectivity index (χ1) is 10.4. The van der Waals surface area contributed by atoms with E-state index in [0.29, 0.717) is 6.61 Å². The SMILES string of the molecule is CCOc1cc2c(cc1/C=C/Cc1ccccc1)OCO2. The topological polar surface area (TPSA) is 27.7 Å². The second kappa shape index (κ2) is 6.35. The monoisotopic (exact) mass is 282 g/mol. The summed E-state index contributed by atoms with van der Waals surface area (Å²) in [5.74, 6) is 2.35. The van der Waals surface area contributed by atoms with Gasteiger partial charge in [-0.15, -0.1) is 0 Å². The molecular formula is C18H18O3. The van der Waals surface area contributed by atoms with Gasteiger partial charge in [0.15, 0.2) is 11.5 Å². The van der Waals surface area contributed by atoms with Crippen molar-refractivity contribution in [2.45, 2.75) is 13.3 Å². The summed E-state index contributed by atoms with van der Waals surface area (Å²) < 4.78 is 16.5. The molecule has 0 aromatic heterocycles. The maximum atomic E-state index is 5.68. The van der Waals surface area contributed by atoms with Gasteiger partial charge in [-0.1, -0.05) is 42.5 Å². The van der Waals surface area contributed by atoms with Crippen molar-refractivity contribution in [3.63, 3.8) is 0 Å². The highest BCUT2D eigenvalue weighted by atomic mass is 16.7. The molecule has 3 rings (SSSR count). The summed E-state index contributed by atoms with van der Waals surface area (Å²) >= 11 is 0. The van der Waals surface area contributed by atoms with Crippen LogP contribution in [0.1, 0.15) is 18.1 Å². The molecule has 1 heterocycles. The molecule has 0 aliphatic carbocycles. The molecule has 0 unspecified atom stereocenters. The lowest BCUT2D eigenvalue weighted by Crippen LogP contribution is -1.94. The van der Waals surface area contributed by atoms with Gasteiger partial charge < -0.3 is 14.2 Å². The second-order valence-corrected chi connectivity index (χ2v) is 4.77. The maximum absolute atomic E-state index is 5.68. The second-order valence-electron chi connectivity index (χ2n) is 4.77. The van der Waals surface area contributed by atoms with Gasteiger partial charge >= 0.3 is 0 Å². The van der Waals surface area contributed by atoms with Crippen LogP contribution in [-0.4, -0.2) is 13.4 Å². The van der Waals surface area contributed by atoms with Crippen molar-refractivity contribution in [3.8, 4) is 17.2 Å². The summed E-state index contributed by atoms with van der Waals surface area (Å²) in [5.41, 5.74) is 2.30. The van der Waals surface area contributed by atoms with Crippen molar-refractivity contribution in [1.29, 1.82) is 0 Å². The number of hydrogen-bond acceptors (Lipinski definition) is 3. The third kappa shape index (κ3) is 3.19. The van der Waals surface area contributed by atoms with E-state index in [0.717, 1.165) is 29.2 Å². The molecule has 0 radical (unpaired) electrons. The minimum absolute atomic E-state index is 0.276. The zero-order valence-electron chi connectivity index (χ0n) is 12.0. The minimum atomic E-state index is 0.276. The van der Waals surface area contributed by atoms with E-state index >= 15 is 0 Å². The van der Waals surface area contributed by atoms with Crippen LogP contribution in [0.25, 0.3) is 6.08 Å². The van der Waals surface area contributed by atoms with Crippen molar-refractivity contribution >= 4 is 6.08 Å². The largest absolute Gasteiger partial charge is 0.493 e. The minimum Gasteiger partial charge on any atom is -0.493 e. The van der Waals surface area contributed by atoms with Gasteiger partial charge in [0.05, 0.1) is 6.61 Å². The zero-order valence-corrected chi connectivity index (χ0v) is 12.0. The van der Waals surface area contributed by atoms with Crippen LogP contribution in [-0.2, 0) is 6.42 Å². The maximum Gasteiger partial charge on any atom is 0.231 e. The Hall–Kier alpha value is -2.42. The number of ether oxygens (including phenoxy) is 3. The van der Waals surface area contributed by atoms with Crippen LogP contribution in [0.3, 0.4) is 0 Å². The Morgan fingerprint density at radius 2 is 1.86 bits per heavy atom. The van der Waals surface area contributed by atoms with Crippen molar-refractivity contribution in [2.75, 3.05) is 13.4 Å². The fourth-order valence-electron chi connectivity index (χ4n) is 2.29. The molecular weight excluding hydrogens is 264 g/mol. The summed E-state index contributed by atoms with van der Waals surface area (Å²) in [5, 5.41) is 0. The Bertz CT molecular complexity index is 632. The predicted molar refractivity (Wildman–Crippen MR) is 82.9 cm³/mol. The highest BCUT2D eigenvalue weighted by Gasteiger charge is 2.16. The molecule has 1 aliphatic rings. The van der Waals surface area contributed by atoms with E-state index in [4.69, 9.17) is 14.2 Å². The third-order valence-electron chi connectivity index (χ3n) is 3.30. The zero-order chi connectivity index (χ0) is 14.5. The molecule has 3 heteroatoms. The summed E-state index contributed by atoms with van der Waals surface area (Å²) in [6.07, 6.45) is 5.09. The van der Waals surface area contributed by atoms with Crippen LogP contribution in [0.2, 0.25) is 0 Å². The van der Waals surface area contributed by atoms with Crippen molar-refractivity contribution < 1.29 is 14.2 Å². The quantitative estimate of drug-likeness (QED) is 0.827. The molecule has 1 aliphatic heterocycles. The molecule has 0 fully saturated rings. The number of fused-ring (bicyclic) bond motifs is 1. The molecule has 0 bridgehead atoms. The van der Waals surface area contributed by atoms with Crippen LogP contribution < -0.4 is 14.2 Å². The van der Waals surface area contributed by atoms with Gasteiger partial charge in [-0.2, -0.15) is 0 Å². The lowest BCUT2D eigenvalue weighted by atomic mass is 10.1. The first-order valence-electron chi connectivity index (χ1n) is 7.13. The van der Waals surface area contributed by atoms with E-state index in [-0.39, 0.29) is 6.79 Å². The van der Waals surface area contributed by atoms with Crippen molar-refractivity contribution in [3.05, 3.63) is 59.7 Å². The van der Waals surface area contributed by atoms with Gasteiger partial charge in [-0.05, 0) is 25.0 Å². The Kier molecular flexibility index (Phi) is 4.10. The van der Waals surface area contributed by atoms with Crippen LogP contribution in [0.4, 0.5) is 0 Å². The van der Waals surface area contributed by atoms with Gasteiger partial charge in [0.1, 0.15) is 5.75 Å². The van der Waals surface area contributed by atoms with E-state index in [9.17, 15) is 0 Å². The molecule has 0 amide bonds. The van der Waals surface area contributed by atoms with E-state index in [1.165, 1.54) is 5.56 Å². The van der Waals surface area contributed by atoms with Crippen molar-refractivity contribution in [2.24, 2.45) is 0 Å². The molecule has 2 aromatic carbocycles. The fourth-order valence-corrected chi connectivity index (χ4v) is 2.29. The summed E-state index contributed by atoms with van der Waals surface area (Å²) in [6, 6.07) is 14.2. The Balaban J connectivity index is 1.80. The Morgan fingerprint density at radius 1 is 1.10 bits per heavy atom. The van der Waals surface area contributed by atoms with Gasteiger partial charge in [-0.3, -0.25) is 0 Å². The summed E-state index contributed by atoms with van der Waals surface area (Å²) in [4.78, 5) is 0. The van der Waals surface area contributed by atoms with E-state index < -0.39 is 0 Å². The van der Waals surface area contributed by atoms with Crippen LogP contribution in [0.15, 0.2) is 48.5 Å². The smallest absolute Gasteiger partial charge is 0.231 e. The molecule has 0 atom stereocenters. The number of rotatable bonds is 5. The molecule has 21 heavy (non-hydrogen) atoms. The highest BCUT2D eigenvalue weighted by molar-refractivity contribution is 5.64. The first kappa shape index (κ1) is 13.6. The van der Waals surface area contributed by atoms with E-state index in [1.54, 1.807) is 0 Å². The van der Waals surface area contributed by atoms with Gasteiger partial charge in [0, 0.05) is 11.6 Å². The first-order valence-corrected chi connectivity index (χ1v) is 7.13. The molecule has 0 spiro atoms. The average molecular weight is 282 g/mol. The van der Waals surface area contributed by atoms with Crippen LogP contribution >= 0.6 is 0 Å². The van der Waals surface area contributed by atoms with E-state index in [2.05, 4.69) is 36.4 Å². The molecule has 0 saturated heterocycles. The molecule has 3 nitrogen and oxygen atoms in total. The average Bonchev–Trinajstić information content (AvgIpc) is 2.96. The number of hydrogen-bond donors (Lipinski definition) is 0. The van der Waals surface area contributed by atoms with Crippen molar-refractivity contribution in [1.82, 2.24) is 0 Å². The fraction of sp³-hybridized carbons (Fsp3) is 0.222. The third-order valence-corrected chi connectivity index (χ3v) is 3.30. The van der Waals surface area contributed by atoms with Gasteiger partial charge in [0.2, 0.25) is 6.79 Å². The van der Waals surface area contributed by atoms with Crippen LogP contribution in [0, 0.1) is 0 Å². The predicted octanol–water partition coefficient (Wildman–Crippen LogP) is 4.07. The van der Waals surface area contributed by atoms with Gasteiger partial charge in [-0.25, -0.2) is 0 Å². The normalized spacial score (nSPS) is 12.8. The van der Waals surface area contributed by atoms with Crippen LogP contribution in [0.5, 0.6) is 17.2 Å². The summed E-state index contributed by atoms with van der Waals surface area (Å²) in [6.45, 7) is 2.87. The van der Waals surface area contributed by atoms with Gasteiger partial charge in [0.25, 0.3) is 0 Å².